The van der Waals surface area contributed by atoms with Gasteiger partial charge in [0.25, 0.3) is 6.43 Å². The van der Waals surface area contributed by atoms with Crippen LogP contribution in [0.15, 0.2) is 36.7 Å². The zero-order valence-corrected chi connectivity index (χ0v) is 12.6. The number of rotatable bonds is 5. The number of unbranched alkanes of at least 4 members (excludes halogenated alkanes) is 1. The van der Waals surface area contributed by atoms with Gasteiger partial charge in [0.1, 0.15) is 11.3 Å². The summed E-state index contributed by atoms with van der Waals surface area (Å²) in [5.41, 5.74) is 2.18. The van der Waals surface area contributed by atoms with Gasteiger partial charge in [0.2, 0.25) is 0 Å². The van der Waals surface area contributed by atoms with E-state index in [-0.39, 0.29) is 0 Å². The Bertz CT molecular complexity index is 827. The molecule has 2 heterocycles. The number of halogens is 3. The number of aryl methyl sites for hydroxylation is 1. The van der Waals surface area contributed by atoms with E-state index in [1.807, 2.05) is 10.7 Å². The molecule has 3 nitrogen and oxygen atoms in total. The van der Waals surface area contributed by atoms with Crippen LogP contribution in [0.2, 0.25) is 0 Å². The van der Waals surface area contributed by atoms with Crippen molar-refractivity contribution in [3.8, 4) is 11.1 Å². The quantitative estimate of drug-likeness (QED) is 0.664. The lowest BCUT2D eigenvalue weighted by molar-refractivity contribution is 0.146. The van der Waals surface area contributed by atoms with Crippen molar-refractivity contribution in [3.05, 3.63) is 48.0 Å². The largest absolute Gasteiger partial charge is 0.266 e. The van der Waals surface area contributed by atoms with E-state index in [9.17, 15) is 13.2 Å². The van der Waals surface area contributed by atoms with Crippen molar-refractivity contribution in [2.24, 2.45) is 0 Å². The van der Waals surface area contributed by atoms with Crippen molar-refractivity contribution in [1.29, 1.82) is 0 Å². The fourth-order valence-corrected chi connectivity index (χ4v) is 2.49. The van der Waals surface area contributed by atoms with Crippen molar-refractivity contribution in [2.45, 2.75) is 32.7 Å². The van der Waals surface area contributed by atoms with Gasteiger partial charge in [0, 0.05) is 18.3 Å². The highest BCUT2D eigenvalue weighted by atomic mass is 19.3. The van der Waals surface area contributed by atoms with Crippen LogP contribution in [0.4, 0.5) is 13.2 Å². The van der Waals surface area contributed by atoms with Crippen molar-refractivity contribution < 1.29 is 13.2 Å². The maximum absolute atomic E-state index is 13.4. The fourth-order valence-electron chi connectivity index (χ4n) is 2.49. The molecule has 0 N–H and O–H groups in total. The summed E-state index contributed by atoms with van der Waals surface area (Å²) in [6, 6.07) is 5.58. The van der Waals surface area contributed by atoms with Gasteiger partial charge in [-0.3, -0.25) is 9.67 Å². The van der Waals surface area contributed by atoms with E-state index in [4.69, 9.17) is 0 Å². The molecular weight excluding hydrogens is 303 g/mol. The van der Waals surface area contributed by atoms with E-state index in [0.29, 0.717) is 11.1 Å². The van der Waals surface area contributed by atoms with Gasteiger partial charge in [-0.05, 0) is 30.2 Å². The number of aromatic nitrogens is 3. The highest BCUT2D eigenvalue weighted by Gasteiger charge is 2.15. The monoisotopic (exact) mass is 319 g/mol. The van der Waals surface area contributed by atoms with E-state index < -0.39 is 17.8 Å². The summed E-state index contributed by atoms with van der Waals surface area (Å²) in [7, 11) is 0. The zero-order valence-electron chi connectivity index (χ0n) is 12.6. The number of hydrogen-bond acceptors (Lipinski definition) is 2. The number of fused-ring (bicyclic) bond motifs is 1. The summed E-state index contributed by atoms with van der Waals surface area (Å²) in [4.78, 5) is 4.32. The molecule has 1 aromatic carbocycles. The average Bonchev–Trinajstić information content (AvgIpc) is 2.95. The average molecular weight is 319 g/mol. The number of benzene rings is 1. The Labute approximate surface area is 131 Å². The third-order valence-corrected chi connectivity index (χ3v) is 3.78. The molecule has 0 amide bonds. The molecular formula is C17H16F3N3. The third-order valence-electron chi connectivity index (χ3n) is 3.78. The first-order chi connectivity index (χ1) is 11.1. The minimum absolute atomic E-state index is 0.513. The summed E-state index contributed by atoms with van der Waals surface area (Å²) in [6.45, 7) is 2.87. The van der Waals surface area contributed by atoms with Gasteiger partial charge in [-0.1, -0.05) is 19.4 Å². The van der Waals surface area contributed by atoms with Crippen LogP contribution < -0.4 is 0 Å². The smallest absolute Gasteiger partial charge is 0.263 e. The Morgan fingerprint density at radius 1 is 1.13 bits per heavy atom. The van der Waals surface area contributed by atoms with Crippen molar-refractivity contribution in [1.82, 2.24) is 14.8 Å². The normalized spacial score (nSPS) is 11.5. The minimum Gasteiger partial charge on any atom is -0.263 e. The Hall–Kier alpha value is -2.37. The fraction of sp³-hybridized carbons (Fsp3) is 0.294. The van der Waals surface area contributed by atoms with Gasteiger partial charge in [0.15, 0.2) is 0 Å². The molecule has 0 saturated heterocycles. The number of alkyl halides is 2. The lowest BCUT2D eigenvalue weighted by atomic mass is 10.0. The van der Waals surface area contributed by atoms with Crippen LogP contribution in [0.25, 0.3) is 22.2 Å². The minimum atomic E-state index is -2.85. The van der Waals surface area contributed by atoms with E-state index >= 15 is 0 Å². The van der Waals surface area contributed by atoms with E-state index in [1.54, 1.807) is 12.4 Å². The maximum Gasteiger partial charge on any atom is 0.266 e. The summed E-state index contributed by atoms with van der Waals surface area (Å²) in [5.74, 6) is -0.897. The molecule has 6 heteroatoms. The van der Waals surface area contributed by atoms with E-state index in [1.165, 1.54) is 12.1 Å². The highest BCUT2D eigenvalue weighted by Crippen LogP contribution is 2.29. The molecule has 0 fully saturated rings. The summed E-state index contributed by atoms with van der Waals surface area (Å²) in [6.07, 6.45) is 2.47. The Balaban J connectivity index is 2.04. The number of nitrogens with zero attached hydrogens (tertiary/aromatic N) is 3. The second-order valence-corrected chi connectivity index (χ2v) is 5.39. The van der Waals surface area contributed by atoms with Gasteiger partial charge in [-0.15, -0.1) is 0 Å². The van der Waals surface area contributed by atoms with Crippen LogP contribution in [0, 0.1) is 5.82 Å². The third kappa shape index (κ3) is 3.06. The van der Waals surface area contributed by atoms with Crippen LogP contribution in [-0.4, -0.2) is 14.8 Å². The standard InChI is InChI=1S/C17H16F3N3/c1-2-3-6-23-16-8-12(9-21-15(16)10-22-23)11-4-5-14(18)13(7-11)17(19)20/h4-5,7-10,17H,2-3,6H2,1H3. The molecule has 3 rings (SSSR count). The molecule has 0 aliphatic heterocycles. The molecule has 0 atom stereocenters. The van der Waals surface area contributed by atoms with Gasteiger partial charge in [-0.2, -0.15) is 5.10 Å². The molecule has 0 radical (unpaired) electrons. The van der Waals surface area contributed by atoms with E-state index in [0.717, 1.165) is 36.5 Å². The molecule has 23 heavy (non-hydrogen) atoms. The van der Waals surface area contributed by atoms with Crippen LogP contribution in [0.1, 0.15) is 31.8 Å². The zero-order chi connectivity index (χ0) is 16.4. The lowest BCUT2D eigenvalue weighted by Gasteiger charge is -2.07. The topological polar surface area (TPSA) is 30.7 Å². The Morgan fingerprint density at radius 2 is 1.96 bits per heavy atom. The lowest BCUT2D eigenvalue weighted by Crippen LogP contribution is -1.99. The van der Waals surface area contributed by atoms with Crippen molar-refractivity contribution >= 4 is 11.0 Å². The second-order valence-electron chi connectivity index (χ2n) is 5.39. The van der Waals surface area contributed by atoms with Gasteiger partial charge in [0.05, 0.1) is 17.3 Å². The summed E-state index contributed by atoms with van der Waals surface area (Å²) < 4.78 is 41.0. The summed E-state index contributed by atoms with van der Waals surface area (Å²) in [5, 5.41) is 4.30. The predicted molar refractivity (Wildman–Crippen MR) is 82.8 cm³/mol. The van der Waals surface area contributed by atoms with Crippen molar-refractivity contribution in [2.75, 3.05) is 0 Å². The van der Waals surface area contributed by atoms with E-state index in [2.05, 4.69) is 17.0 Å². The van der Waals surface area contributed by atoms with Crippen LogP contribution in [0.3, 0.4) is 0 Å². The first-order valence-electron chi connectivity index (χ1n) is 7.49. The number of hydrogen-bond donors (Lipinski definition) is 0. The number of pyridine rings is 1. The molecule has 0 spiro atoms. The van der Waals surface area contributed by atoms with Crippen LogP contribution in [-0.2, 0) is 6.54 Å². The Morgan fingerprint density at radius 3 is 2.70 bits per heavy atom. The second kappa shape index (κ2) is 6.40. The van der Waals surface area contributed by atoms with Crippen LogP contribution in [0.5, 0.6) is 0 Å². The maximum atomic E-state index is 13.4. The summed E-state index contributed by atoms with van der Waals surface area (Å²) >= 11 is 0. The predicted octanol–water partition coefficient (Wildman–Crippen LogP) is 4.98. The first kappa shape index (κ1) is 15.5. The molecule has 0 saturated carbocycles. The van der Waals surface area contributed by atoms with Gasteiger partial charge in [-0.25, -0.2) is 13.2 Å². The molecule has 120 valence electrons. The molecule has 0 unspecified atom stereocenters. The highest BCUT2D eigenvalue weighted by molar-refractivity contribution is 5.80. The molecule has 0 aliphatic carbocycles. The molecule has 0 aliphatic rings. The molecule has 3 aromatic rings. The Kier molecular flexibility index (Phi) is 4.32. The van der Waals surface area contributed by atoms with Crippen LogP contribution >= 0.6 is 0 Å². The SMILES string of the molecule is CCCCn1ncc2ncc(-c3ccc(F)c(C(F)F)c3)cc21. The van der Waals surface area contributed by atoms with Crippen molar-refractivity contribution in [3.63, 3.8) is 0 Å². The van der Waals surface area contributed by atoms with Gasteiger partial charge < -0.3 is 0 Å². The first-order valence-corrected chi connectivity index (χ1v) is 7.49. The molecule has 2 aromatic heterocycles. The van der Waals surface area contributed by atoms with Gasteiger partial charge >= 0.3 is 0 Å². The molecule has 0 bridgehead atoms.